The number of pyridine rings is 1. The van der Waals surface area contributed by atoms with Gasteiger partial charge in [-0.15, -0.1) is 0 Å². The van der Waals surface area contributed by atoms with E-state index in [0.29, 0.717) is 22.4 Å². The molecule has 1 aliphatic rings. The summed E-state index contributed by atoms with van der Waals surface area (Å²) in [5.74, 6) is -0.793. The Hall–Kier alpha value is -3.43. The van der Waals surface area contributed by atoms with Crippen LogP contribution in [0.3, 0.4) is 0 Å². The van der Waals surface area contributed by atoms with Crippen LogP contribution in [0, 0.1) is 0 Å². The van der Waals surface area contributed by atoms with Crippen molar-refractivity contribution in [1.82, 2.24) is 10.3 Å². The third-order valence-electron chi connectivity index (χ3n) is 6.54. The molecule has 1 fully saturated rings. The standard InChI is InChI=1S/C29H28ClF3N2O4/c1-27(2,38)22-16-23(30)20(15-25(22)39-17-18-6-4-3-5-7-18)14-21(36)12-19-8-11-34-24(13-19)26(37)35-28(9-10-28)29(31,32)33/h3-8,11,13,15-16,38H,9-10,12,14,17H2,1-2H3,(H,35,37). The first-order valence-corrected chi connectivity index (χ1v) is 12.7. The highest BCUT2D eigenvalue weighted by Crippen LogP contribution is 2.49. The molecule has 6 nitrogen and oxygen atoms in total. The molecule has 0 atom stereocenters. The molecule has 0 radical (unpaired) electrons. The van der Waals surface area contributed by atoms with Crippen molar-refractivity contribution in [3.05, 3.63) is 93.8 Å². The van der Waals surface area contributed by atoms with Crippen molar-refractivity contribution in [2.45, 2.75) is 63.5 Å². The summed E-state index contributed by atoms with van der Waals surface area (Å²) in [6.45, 7) is 3.46. The minimum absolute atomic E-state index is 0.0618. The Morgan fingerprint density at radius 1 is 1.05 bits per heavy atom. The number of rotatable bonds is 10. The van der Waals surface area contributed by atoms with Crippen LogP contribution < -0.4 is 10.1 Å². The van der Waals surface area contributed by atoms with Crippen LogP contribution in [-0.4, -0.2) is 33.5 Å². The van der Waals surface area contributed by atoms with Crippen LogP contribution in [0.1, 0.15) is 59.4 Å². The molecule has 1 aromatic heterocycles. The number of halogens is 4. The van der Waals surface area contributed by atoms with Crippen LogP contribution in [-0.2, 0) is 29.8 Å². The van der Waals surface area contributed by atoms with Crippen molar-refractivity contribution in [2.75, 3.05) is 0 Å². The largest absolute Gasteiger partial charge is 0.488 e. The number of nitrogens with zero attached hydrogens (tertiary/aromatic N) is 1. The van der Waals surface area contributed by atoms with Gasteiger partial charge in [-0.05, 0) is 67.6 Å². The van der Waals surface area contributed by atoms with E-state index < -0.39 is 23.2 Å². The molecular weight excluding hydrogens is 533 g/mol. The average molecular weight is 561 g/mol. The number of nitrogens with one attached hydrogen (secondary N) is 1. The number of Topliss-reactive ketones (excluding diaryl/α,β-unsaturated/α-hetero) is 1. The number of benzene rings is 2. The second kappa shape index (κ2) is 11.0. The number of ether oxygens (including phenoxy) is 1. The number of carbonyl (C=O) groups is 2. The molecule has 0 spiro atoms. The summed E-state index contributed by atoms with van der Waals surface area (Å²) in [7, 11) is 0. The average Bonchev–Trinajstić information content (AvgIpc) is 3.65. The fraction of sp³-hybridized carbons (Fsp3) is 0.345. The molecule has 1 aliphatic carbocycles. The molecule has 1 heterocycles. The van der Waals surface area contributed by atoms with E-state index in [1.165, 1.54) is 18.3 Å². The first-order chi connectivity index (χ1) is 18.3. The Morgan fingerprint density at radius 2 is 1.74 bits per heavy atom. The SMILES string of the molecule is CC(C)(O)c1cc(Cl)c(CC(=O)Cc2ccnc(C(=O)NC3(C(F)(F)F)CC3)c2)cc1OCc1ccccc1. The van der Waals surface area contributed by atoms with Gasteiger partial charge in [0.15, 0.2) is 0 Å². The van der Waals surface area contributed by atoms with E-state index in [1.807, 2.05) is 35.6 Å². The number of aliphatic hydroxyl groups is 1. The van der Waals surface area contributed by atoms with E-state index in [2.05, 4.69) is 4.98 Å². The predicted octanol–water partition coefficient (Wildman–Crippen LogP) is 5.72. The van der Waals surface area contributed by atoms with Crippen LogP contribution in [0.15, 0.2) is 60.8 Å². The second-order valence-electron chi connectivity index (χ2n) is 10.2. The van der Waals surface area contributed by atoms with Gasteiger partial charge in [-0.2, -0.15) is 13.2 Å². The summed E-state index contributed by atoms with van der Waals surface area (Å²) < 4.78 is 45.6. The van der Waals surface area contributed by atoms with Crippen molar-refractivity contribution < 1.29 is 32.6 Å². The van der Waals surface area contributed by atoms with Gasteiger partial charge in [-0.3, -0.25) is 14.6 Å². The first kappa shape index (κ1) is 28.6. The van der Waals surface area contributed by atoms with Crippen LogP contribution in [0.4, 0.5) is 13.2 Å². The maximum Gasteiger partial charge on any atom is 0.411 e. The van der Waals surface area contributed by atoms with E-state index in [4.69, 9.17) is 16.3 Å². The summed E-state index contributed by atoms with van der Waals surface area (Å²) >= 11 is 6.47. The van der Waals surface area contributed by atoms with Crippen molar-refractivity contribution in [3.63, 3.8) is 0 Å². The Morgan fingerprint density at radius 3 is 2.36 bits per heavy atom. The lowest BCUT2D eigenvalue weighted by Gasteiger charge is -2.23. The van der Waals surface area contributed by atoms with E-state index in [1.54, 1.807) is 26.0 Å². The van der Waals surface area contributed by atoms with Gasteiger partial charge in [-0.25, -0.2) is 0 Å². The van der Waals surface area contributed by atoms with Crippen LogP contribution in [0.5, 0.6) is 5.75 Å². The van der Waals surface area contributed by atoms with Gasteiger partial charge in [0.1, 0.15) is 29.4 Å². The molecule has 206 valence electrons. The number of hydrogen-bond acceptors (Lipinski definition) is 5. The van der Waals surface area contributed by atoms with E-state index >= 15 is 0 Å². The van der Waals surface area contributed by atoms with E-state index in [0.717, 1.165) is 5.56 Å². The summed E-state index contributed by atoms with van der Waals surface area (Å²) in [6.07, 6.45) is -3.76. The van der Waals surface area contributed by atoms with E-state index in [-0.39, 0.29) is 48.8 Å². The van der Waals surface area contributed by atoms with Crippen LogP contribution in [0.2, 0.25) is 5.02 Å². The van der Waals surface area contributed by atoms with Gasteiger partial charge in [0.25, 0.3) is 5.91 Å². The highest BCUT2D eigenvalue weighted by Gasteiger charge is 2.64. The number of ketones is 1. The normalized spacial score (nSPS) is 14.5. The second-order valence-corrected chi connectivity index (χ2v) is 10.7. The van der Waals surface area contributed by atoms with Crippen molar-refractivity contribution in [1.29, 1.82) is 0 Å². The number of aromatic nitrogens is 1. The maximum atomic E-state index is 13.2. The van der Waals surface area contributed by atoms with Crippen LogP contribution >= 0.6 is 11.6 Å². The van der Waals surface area contributed by atoms with E-state index in [9.17, 15) is 27.9 Å². The molecule has 2 aromatic carbocycles. The zero-order valence-electron chi connectivity index (χ0n) is 21.4. The van der Waals surface area contributed by atoms with Gasteiger partial charge in [0.2, 0.25) is 0 Å². The van der Waals surface area contributed by atoms with Crippen LogP contribution in [0.25, 0.3) is 0 Å². The van der Waals surface area contributed by atoms with Crippen molar-refractivity contribution in [3.8, 4) is 5.75 Å². The lowest BCUT2D eigenvalue weighted by molar-refractivity contribution is -0.163. The zero-order chi connectivity index (χ0) is 28.4. The lowest BCUT2D eigenvalue weighted by atomic mass is 9.94. The minimum atomic E-state index is -4.54. The molecular formula is C29H28ClF3N2O4. The minimum Gasteiger partial charge on any atom is -0.488 e. The number of carbonyl (C=O) groups excluding carboxylic acids is 2. The summed E-state index contributed by atoms with van der Waals surface area (Å²) in [6, 6.07) is 15.5. The lowest BCUT2D eigenvalue weighted by Crippen LogP contribution is -2.48. The molecule has 2 N–H and O–H groups in total. The molecule has 0 aliphatic heterocycles. The highest BCUT2D eigenvalue weighted by atomic mass is 35.5. The fourth-order valence-electron chi connectivity index (χ4n) is 4.16. The summed E-state index contributed by atoms with van der Waals surface area (Å²) in [5.41, 5.74) is -1.34. The monoisotopic (exact) mass is 560 g/mol. The van der Waals surface area contributed by atoms with Crippen molar-refractivity contribution in [2.24, 2.45) is 0 Å². The predicted molar refractivity (Wildman–Crippen MR) is 140 cm³/mol. The van der Waals surface area contributed by atoms with Gasteiger partial charge in [0, 0.05) is 29.6 Å². The van der Waals surface area contributed by atoms with Gasteiger partial charge in [0.05, 0.1) is 5.60 Å². The maximum absolute atomic E-state index is 13.2. The molecule has 39 heavy (non-hydrogen) atoms. The Labute approximate surface area is 229 Å². The summed E-state index contributed by atoms with van der Waals surface area (Å²) in [5, 5.41) is 13.0. The third kappa shape index (κ3) is 6.96. The molecule has 4 rings (SSSR count). The topological polar surface area (TPSA) is 88.5 Å². The Bertz CT molecular complexity index is 1370. The number of amides is 1. The molecule has 1 amide bonds. The molecule has 0 unspecified atom stereocenters. The van der Waals surface area contributed by atoms with Crippen molar-refractivity contribution >= 4 is 23.3 Å². The van der Waals surface area contributed by atoms with Gasteiger partial charge in [-0.1, -0.05) is 41.9 Å². The summed E-state index contributed by atoms with van der Waals surface area (Å²) in [4.78, 5) is 29.2. The highest BCUT2D eigenvalue weighted by molar-refractivity contribution is 6.31. The first-order valence-electron chi connectivity index (χ1n) is 12.4. The Kier molecular flexibility index (Phi) is 8.04. The third-order valence-corrected chi connectivity index (χ3v) is 6.89. The number of hydrogen-bond donors (Lipinski definition) is 2. The Balaban J connectivity index is 1.47. The number of alkyl halides is 3. The molecule has 0 saturated heterocycles. The van der Waals surface area contributed by atoms with Gasteiger partial charge < -0.3 is 15.2 Å². The molecule has 10 heteroatoms. The molecule has 0 bridgehead atoms. The molecule has 3 aromatic rings. The quantitative estimate of drug-likeness (QED) is 0.331. The smallest absolute Gasteiger partial charge is 0.411 e. The fourth-order valence-corrected chi connectivity index (χ4v) is 4.39. The van der Waals surface area contributed by atoms with Gasteiger partial charge >= 0.3 is 6.18 Å². The zero-order valence-corrected chi connectivity index (χ0v) is 22.2. The molecule has 1 saturated carbocycles.